The van der Waals surface area contributed by atoms with Crippen molar-refractivity contribution in [3.05, 3.63) is 133 Å². The van der Waals surface area contributed by atoms with E-state index < -0.39 is 0 Å². The van der Waals surface area contributed by atoms with Gasteiger partial charge in [0.25, 0.3) is 0 Å². The molecule has 0 saturated heterocycles. The van der Waals surface area contributed by atoms with Crippen molar-refractivity contribution < 1.29 is 5.11 Å². The van der Waals surface area contributed by atoms with Crippen molar-refractivity contribution in [2.24, 2.45) is 4.99 Å². The summed E-state index contributed by atoms with van der Waals surface area (Å²) in [5.74, 6) is 0.320. The second-order valence-corrected chi connectivity index (χ2v) is 16.3. The molecule has 250 valence electrons. The molecule has 6 aromatic carbocycles. The van der Waals surface area contributed by atoms with Crippen molar-refractivity contribution >= 4 is 89.4 Å². The number of thiazole rings is 1. The van der Waals surface area contributed by atoms with E-state index in [9.17, 15) is 5.11 Å². The van der Waals surface area contributed by atoms with E-state index >= 15 is 0 Å². The van der Waals surface area contributed by atoms with Gasteiger partial charge in [-0.1, -0.05) is 87.4 Å². The molecule has 6 heteroatoms. The summed E-state index contributed by atoms with van der Waals surface area (Å²) in [5.41, 5.74) is 10.6. The predicted octanol–water partition coefficient (Wildman–Crippen LogP) is 13.8. The van der Waals surface area contributed by atoms with E-state index in [-0.39, 0.29) is 0 Å². The van der Waals surface area contributed by atoms with Gasteiger partial charge in [-0.15, -0.1) is 11.3 Å². The first kappa shape index (κ1) is 34.8. The van der Waals surface area contributed by atoms with Gasteiger partial charge in [0.2, 0.25) is 0 Å². The first-order valence-corrected chi connectivity index (χ1v) is 20.3. The molecule has 0 unspecified atom stereocenters. The lowest BCUT2D eigenvalue weighted by Crippen LogP contribution is -1.93. The maximum absolute atomic E-state index is 11.1. The van der Waals surface area contributed by atoms with Crippen LogP contribution in [0.5, 0.6) is 5.75 Å². The molecule has 0 aliphatic carbocycles. The molecule has 7 aromatic rings. The van der Waals surface area contributed by atoms with E-state index in [1.807, 2.05) is 24.3 Å². The number of fused-ring (bicyclic) bond motifs is 2. The van der Waals surface area contributed by atoms with Crippen LogP contribution in [-0.4, -0.2) is 16.3 Å². The Morgan fingerprint density at radius 2 is 1.44 bits per heavy atom. The molecule has 0 radical (unpaired) electrons. The number of para-hydroxylation sites is 1. The highest BCUT2D eigenvalue weighted by Gasteiger charge is 2.18. The summed E-state index contributed by atoms with van der Waals surface area (Å²) in [4.78, 5) is 10.3. The number of aromatic hydroxyl groups is 1. The predicted molar refractivity (Wildman–Crippen MR) is 231 cm³/mol. The topological polar surface area (TPSA) is 45.5 Å². The van der Waals surface area contributed by atoms with Crippen molar-refractivity contribution in [2.45, 2.75) is 52.4 Å². The van der Waals surface area contributed by atoms with Gasteiger partial charge < -0.3 is 5.11 Å². The number of aromatic nitrogens is 1. The summed E-state index contributed by atoms with van der Waals surface area (Å²) in [5, 5.41) is 14.5. The minimum Gasteiger partial charge on any atom is -0.507 e. The van der Waals surface area contributed by atoms with Crippen LogP contribution in [0.4, 0.5) is 5.69 Å². The molecular weight excluding hydrogens is 858 g/mol. The van der Waals surface area contributed by atoms with Gasteiger partial charge in [-0.3, -0.25) is 4.99 Å². The van der Waals surface area contributed by atoms with Crippen LogP contribution in [0.1, 0.15) is 56.2 Å². The Bertz CT molecular complexity index is 2350. The zero-order valence-corrected chi connectivity index (χ0v) is 33.3. The molecule has 0 bridgehead atoms. The van der Waals surface area contributed by atoms with Crippen molar-refractivity contribution in [3.63, 3.8) is 0 Å². The molecule has 50 heavy (non-hydrogen) atoms. The van der Waals surface area contributed by atoms with E-state index in [0.29, 0.717) is 5.75 Å². The second-order valence-electron chi connectivity index (χ2n) is 12.7. The Morgan fingerprint density at radius 3 is 2.30 bits per heavy atom. The van der Waals surface area contributed by atoms with E-state index in [1.54, 1.807) is 17.6 Å². The minimum atomic E-state index is 0.320. The number of halogens is 2. The Labute approximate surface area is 325 Å². The molecule has 1 aromatic heterocycles. The number of nitrogens with zero attached hydrogens (tertiary/aromatic N) is 2. The fourth-order valence-electron chi connectivity index (χ4n) is 6.56. The fourth-order valence-corrected chi connectivity index (χ4v) is 9.07. The zero-order valence-electron chi connectivity index (χ0n) is 28.2. The standard InChI is InChI=1S/C44H38I2N2OS/c1-3-5-12-28-20-31(23-34(45)21-28)32-25-39(37-18-11-15-29-14-7-8-16-36(29)37)42-41(26-32)50-44(48-42)38-17-9-10-19-40(38)47-27-33-24-35(46)22-30(43(33)49)13-6-4-2/h7-11,14-27,49H,3-6,12-13H2,1-2H3. The Kier molecular flexibility index (Phi) is 11.0. The van der Waals surface area contributed by atoms with E-state index in [4.69, 9.17) is 9.98 Å². The van der Waals surface area contributed by atoms with Crippen molar-refractivity contribution in [2.75, 3.05) is 0 Å². The third-order valence-corrected chi connectivity index (χ3v) is 11.4. The molecule has 3 nitrogen and oxygen atoms in total. The number of hydrogen-bond acceptors (Lipinski definition) is 4. The number of unbranched alkanes of at least 4 members (excludes halogenated alkanes) is 2. The number of aliphatic imine (C=N–C) groups is 1. The number of phenols is 1. The zero-order chi connectivity index (χ0) is 34.6. The number of benzene rings is 6. The van der Waals surface area contributed by atoms with Gasteiger partial charge in [-0.2, -0.15) is 0 Å². The summed E-state index contributed by atoms with van der Waals surface area (Å²) >= 11 is 6.49. The maximum atomic E-state index is 11.1. The lowest BCUT2D eigenvalue weighted by Gasteiger charge is -2.12. The quantitative estimate of drug-likeness (QED) is 0.104. The van der Waals surface area contributed by atoms with Crippen LogP contribution in [0.2, 0.25) is 0 Å². The Morgan fingerprint density at radius 1 is 0.720 bits per heavy atom. The molecule has 0 aliphatic heterocycles. The Hall–Kier alpha value is -3.60. The van der Waals surface area contributed by atoms with Crippen LogP contribution >= 0.6 is 56.5 Å². The first-order chi connectivity index (χ1) is 24.4. The molecule has 1 heterocycles. The van der Waals surface area contributed by atoms with Crippen LogP contribution < -0.4 is 0 Å². The van der Waals surface area contributed by atoms with E-state index in [2.05, 4.69) is 144 Å². The molecular formula is C44H38I2N2OS. The third kappa shape index (κ3) is 7.53. The van der Waals surface area contributed by atoms with Gasteiger partial charge in [-0.25, -0.2) is 4.98 Å². The molecule has 0 fully saturated rings. The summed E-state index contributed by atoms with van der Waals surface area (Å²) in [6.45, 7) is 4.42. The van der Waals surface area contributed by atoms with Gasteiger partial charge in [0, 0.05) is 30.0 Å². The minimum absolute atomic E-state index is 0.320. The molecule has 0 aliphatic rings. The van der Waals surface area contributed by atoms with Gasteiger partial charge in [0.1, 0.15) is 10.8 Å². The smallest absolute Gasteiger partial charge is 0.127 e. The van der Waals surface area contributed by atoms with Gasteiger partial charge >= 0.3 is 0 Å². The van der Waals surface area contributed by atoms with E-state index in [1.165, 1.54) is 49.4 Å². The normalized spacial score (nSPS) is 11.7. The monoisotopic (exact) mass is 896 g/mol. The molecule has 0 atom stereocenters. The average Bonchev–Trinajstić information content (AvgIpc) is 3.57. The largest absolute Gasteiger partial charge is 0.507 e. The molecule has 7 rings (SSSR count). The number of phenolic OH excluding ortho intramolecular Hbond substituents is 1. The van der Waals surface area contributed by atoms with Crippen LogP contribution in [0.3, 0.4) is 0 Å². The van der Waals surface area contributed by atoms with Crippen LogP contribution in [-0.2, 0) is 12.8 Å². The summed E-state index contributed by atoms with van der Waals surface area (Å²) in [6.07, 6.45) is 8.22. The van der Waals surface area contributed by atoms with Gasteiger partial charge in [-0.05, 0) is 158 Å². The number of aryl methyl sites for hydroxylation is 2. The number of rotatable bonds is 11. The van der Waals surface area contributed by atoms with E-state index in [0.717, 1.165) is 72.4 Å². The molecule has 1 N–H and O–H groups in total. The third-order valence-electron chi connectivity index (χ3n) is 9.14. The lowest BCUT2D eigenvalue weighted by molar-refractivity contribution is 0.466. The van der Waals surface area contributed by atoms with Gasteiger partial charge in [0.15, 0.2) is 0 Å². The Balaban J connectivity index is 1.38. The van der Waals surface area contributed by atoms with Gasteiger partial charge in [0.05, 0.1) is 15.9 Å². The first-order valence-electron chi connectivity index (χ1n) is 17.3. The highest BCUT2D eigenvalue weighted by molar-refractivity contribution is 14.1. The molecule has 0 saturated carbocycles. The SMILES string of the molecule is CCCCc1cc(I)cc(-c2cc(-c3cccc4ccccc34)c3nc(-c4ccccc4N=Cc4cc(I)cc(CCCC)c4O)sc3c2)c1. The van der Waals surface area contributed by atoms with Crippen molar-refractivity contribution in [1.29, 1.82) is 0 Å². The average molecular weight is 897 g/mol. The fraction of sp³-hybridized carbons (Fsp3) is 0.182. The summed E-state index contributed by atoms with van der Waals surface area (Å²) < 4.78 is 3.49. The highest BCUT2D eigenvalue weighted by atomic mass is 127. The van der Waals surface area contributed by atoms with Crippen LogP contribution in [0, 0.1) is 7.14 Å². The van der Waals surface area contributed by atoms with Crippen molar-refractivity contribution in [3.8, 4) is 38.6 Å². The highest BCUT2D eigenvalue weighted by Crippen LogP contribution is 2.43. The molecule has 0 amide bonds. The maximum Gasteiger partial charge on any atom is 0.127 e. The summed E-state index contributed by atoms with van der Waals surface area (Å²) in [6, 6.07) is 39.0. The van der Waals surface area contributed by atoms with Crippen LogP contribution in [0.25, 0.3) is 53.8 Å². The second kappa shape index (κ2) is 15.7. The van der Waals surface area contributed by atoms with Crippen molar-refractivity contribution in [1.82, 2.24) is 4.98 Å². The van der Waals surface area contributed by atoms with Crippen LogP contribution in [0.15, 0.2) is 114 Å². The number of hydrogen-bond donors (Lipinski definition) is 1. The molecule has 0 spiro atoms. The lowest BCUT2D eigenvalue weighted by atomic mass is 9.93. The summed E-state index contributed by atoms with van der Waals surface area (Å²) in [7, 11) is 0.